The minimum absolute atomic E-state index is 0.235. The Balaban J connectivity index is 1.93. The number of anilines is 1. The Labute approximate surface area is 165 Å². The van der Waals surface area contributed by atoms with Crippen LogP contribution in [0.4, 0.5) is 10.1 Å². The SMILES string of the molecule is COc1ccc(NC(=O)c2sc(-c3c(F)cccc3OC)nc2C)c(OC)c1. The average molecular weight is 402 g/mol. The van der Waals surface area contributed by atoms with Crippen molar-refractivity contribution in [1.82, 2.24) is 4.98 Å². The van der Waals surface area contributed by atoms with Crippen molar-refractivity contribution in [2.24, 2.45) is 0 Å². The van der Waals surface area contributed by atoms with Crippen LogP contribution in [0, 0.1) is 12.7 Å². The maximum Gasteiger partial charge on any atom is 0.267 e. The van der Waals surface area contributed by atoms with E-state index in [2.05, 4.69) is 10.3 Å². The van der Waals surface area contributed by atoms with E-state index < -0.39 is 5.82 Å². The van der Waals surface area contributed by atoms with Gasteiger partial charge in [0.15, 0.2) is 0 Å². The molecule has 6 nitrogen and oxygen atoms in total. The summed E-state index contributed by atoms with van der Waals surface area (Å²) in [4.78, 5) is 17.5. The van der Waals surface area contributed by atoms with Gasteiger partial charge in [-0.2, -0.15) is 0 Å². The van der Waals surface area contributed by atoms with Gasteiger partial charge in [0, 0.05) is 6.07 Å². The summed E-state index contributed by atoms with van der Waals surface area (Å²) in [5.74, 6) is 0.609. The molecule has 0 aliphatic carbocycles. The number of hydrogen-bond acceptors (Lipinski definition) is 6. The number of hydrogen-bond donors (Lipinski definition) is 1. The molecule has 3 rings (SSSR count). The second-order valence-electron chi connectivity index (χ2n) is 5.77. The number of ether oxygens (including phenoxy) is 3. The molecule has 0 bridgehead atoms. The van der Waals surface area contributed by atoms with E-state index in [0.29, 0.717) is 38.5 Å². The number of halogens is 1. The first-order valence-corrected chi connectivity index (χ1v) is 9.13. The minimum Gasteiger partial charge on any atom is -0.497 e. The number of rotatable bonds is 6. The Morgan fingerprint density at radius 2 is 1.82 bits per heavy atom. The average Bonchev–Trinajstić information content (AvgIpc) is 3.09. The molecular formula is C20H19FN2O4S. The molecule has 0 saturated carbocycles. The van der Waals surface area contributed by atoms with Crippen LogP contribution in [-0.2, 0) is 0 Å². The van der Waals surface area contributed by atoms with Crippen LogP contribution in [0.5, 0.6) is 17.2 Å². The van der Waals surface area contributed by atoms with Gasteiger partial charge < -0.3 is 19.5 Å². The van der Waals surface area contributed by atoms with Gasteiger partial charge in [-0.15, -0.1) is 11.3 Å². The molecule has 0 unspecified atom stereocenters. The summed E-state index contributed by atoms with van der Waals surface area (Å²) >= 11 is 1.10. The largest absolute Gasteiger partial charge is 0.497 e. The second-order valence-corrected chi connectivity index (χ2v) is 6.77. The van der Waals surface area contributed by atoms with E-state index in [1.54, 1.807) is 44.4 Å². The van der Waals surface area contributed by atoms with Gasteiger partial charge in [-0.3, -0.25) is 4.79 Å². The smallest absolute Gasteiger partial charge is 0.267 e. The summed E-state index contributed by atoms with van der Waals surface area (Å²) in [7, 11) is 4.51. The first-order chi connectivity index (χ1) is 13.5. The maximum absolute atomic E-state index is 14.3. The summed E-state index contributed by atoms with van der Waals surface area (Å²) in [6.45, 7) is 1.70. The minimum atomic E-state index is -0.461. The van der Waals surface area contributed by atoms with Crippen molar-refractivity contribution in [2.75, 3.05) is 26.6 Å². The normalized spacial score (nSPS) is 10.5. The van der Waals surface area contributed by atoms with Crippen LogP contribution in [0.25, 0.3) is 10.6 Å². The van der Waals surface area contributed by atoms with Crippen LogP contribution in [-0.4, -0.2) is 32.2 Å². The van der Waals surface area contributed by atoms with Crippen molar-refractivity contribution in [3.05, 3.63) is 52.8 Å². The Bertz CT molecular complexity index is 1020. The summed E-state index contributed by atoms with van der Waals surface area (Å²) in [5, 5.41) is 3.18. The molecule has 0 radical (unpaired) electrons. The van der Waals surface area contributed by atoms with Crippen LogP contribution < -0.4 is 19.5 Å². The monoisotopic (exact) mass is 402 g/mol. The molecule has 1 N–H and O–H groups in total. The Morgan fingerprint density at radius 1 is 1.07 bits per heavy atom. The lowest BCUT2D eigenvalue weighted by atomic mass is 10.2. The predicted octanol–water partition coefficient (Wildman–Crippen LogP) is 4.54. The molecule has 2 aromatic carbocycles. The summed E-state index contributed by atoms with van der Waals surface area (Å²) in [6.07, 6.45) is 0. The molecule has 0 fully saturated rings. The lowest BCUT2D eigenvalue weighted by Gasteiger charge is -2.11. The third-order valence-electron chi connectivity index (χ3n) is 4.07. The second kappa shape index (κ2) is 8.26. The molecule has 0 aliphatic heterocycles. The zero-order valence-electron chi connectivity index (χ0n) is 15.8. The molecule has 3 aromatic rings. The topological polar surface area (TPSA) is 69.7 Å². The fraction of sp³-hybridized carbons (Fsp3) is 0.200. The van der Waals surface area contributed by atoms with Gasteiger partial charge in [0.2, 0.25) is 0 Å². The zero-order valence-corrected chi connectivity index (χ0v) is 16.6. The lowest BCUT2D eigenvalue weighted by molar-refractivity contribution is 0.102. The van der Waals surface area contributed by atoms with E-state index in [0.717, 1.165) is 11.3 Å². The van der Waals surface area contributed by atoms with Crippen molar-refractivity contribution < 1.29 is 23.4 Å². The number of carbonyl (C=O) groups is 1. The summed E-state index contributed by atoms with van der Waals surface area (Å²) < 4.78 is 30.0. The molecule has 8 heteroatoms. The molecule has 0 aliphatic rings. The van der Waals surface area contributed by atoms with E-state index in [1.165, 1.54) is 20.3 Å². The highest BCUT2D eigenvalue weighted by atomic mass is 32.1. The quantitative estimate of drug-likeness (QED) is 0.656. The number of amides is 1. The molecule has 0 saturated heterocycles. The maximum atomic E-state index is 14.3. The fourth-order valence-electron chi connectivity index (χ4n) is 2.68. The Hall–Kier alpha value is -3.13. The Kier molecular flexibility index (Phi) is 5.79. The molecule has 0 spiro atoms. The third kappa shape index (κ3) is 3.77. The highest BCUT2D eigenvalue weighted by Crippen LogP contribution is 2.37. The van der Waals surface area contributed by atoms with Gasteiger partial charge in [0.25, 0.3) is 5.91 Å². The van der Waals surface area contributed by atoms with Crippen LogP contribution >= 0.6 is 11.3 Å². The zero-order chi connectivity index (χ0) is 20.3. The van der Waals surface area contributed by atoms with Crippen molar-refractivity contribution in [3.8, 4) is 27.8 Å². The number of methoxy groups -OCH3 is 3. The highest BCUT2D eigenvalue weighted by molar-refractivity contribution is 7.17. The van der Waals surface area contributed by atoms with Gasteiger partial charge in [-0.1, -0.05) is 6.07 Å². The van der Waals surface area contributed by atoms with E-state index >= 15 is 0 Å². The highest BCUT2D eigenvalue weighted by Gasteiger charge is 2.21. The lowest BCUT2D eigenvalue weighted by Crippen LogP contribution is -2.12. The van der Waals surface area contributed by atoms with Gasteiger partial charge in [0.05, 0.1) is 38.3 Å². The third-order valence-corrected chi connectivity index (χ3v) is 5.24. The fourth-order valence-corrected chi connectivity index (χ4v) is 3.69. The van der Waals surface area contributed by atoms with Crippen LogP contribution in [0.2, 0.25) is 0 Å². The number of nitrogens with zero attached hydrogens (tertiary/aromatic N) is 1. The molecule has 1 aromatic heterocycles. The van der Waals surface area contributed by atoms with E-state index in [1.807, 2.05) is 0 Å². The number of aromatic nitrogens is 1. The standard InChI is InChI=1S/C20H19FN2O4S/c1-11-18(19(24)23-14-9-8-12(25-2)10-16(14)27-4)28-20(22-11)17-13(21)6-5-7-15(17)26-3/h5-10H,1-4H3,(H,23,24). The molecule has 146 valence electrons. The number of thiazole rings is 1. The van der Waals surface area contributed by atoms with Crippen LogP contribution in [0.15, 0.2) is 36.4 Å². The number of benzene rings is 2. The van der Waals surface area contributed by atoms with E-state index in [9.17, 15) is 9.18 Å². The molecule has 1 heterocycles. The first-order valence-electron chi connectivity index (χ1n) is 8.32. The van der Waals surface area contributed by atoms with Gasteiger partial charge in [-0.25, -0.2) is 9.37 Å². The number of carbonyl (C=O) groups excluding carboxylic acids is 1. The predicted molar refractivity (Wildman–Crippen MR) is 106 cm³/mol. The number of nitrogens with one attached hydrogen (secondary N) is 1. The Morgan fingerprint density at radius 3 is 2.50 bits per heavy atom. The number of aryl methyl sites for hydroxylation is 1. The van der Waals surface area contributed by atoms with Gasteiger partial charge in [-0.05, 0) is 31.2 Å². The van der Waals surface area contributed by atoms with E-state index in [4.69, 9.17) is 14.2 Å². The summed E-state index contributed by atoms with van der Waals surface area (Å²) in [5.41, 5.74) is 1.22. The van der Waals surface area contributed by atoms with Gasteiger partial charge >= 0.3 is 0 Å². The molecule has 1 amide bonds. The molecule has 0 atom stereocenters. The van der Waals surface area contributed by atoms with E-state index in [-0.39, 0.29) is 11.5 Å². The van der Waals surface area contributed by atoms with Crippen LogP contribution in [0.3, 0.4) is 0 Å². The molecular weight excluding hydrogens is 383 g/mol. The van der Waals surface area contributed by atoms with Gasteiger partial charge in [0.1, 0.15) is 33.0 Å². The van der Waals surface area contributed by atoms with Crippen molar-refractivity contribution in [3.63, 3.8) is 0 Å². The van der Waals surface area contributed by atoms with Crippen molar-refractivity contribution >= 4 is 22.9 Å². The van der Waals surface area contributed by atoms with Crippen LogP contribution in [0.1, 0.15) is 15.4 Å². The summed E-state index contributed by atoms with van der Waals surface area (Å²) in [6, 6.07) is 9.61. The van der Waals surface area contributed by atoms with Crippen molar-refractivity contribution in [2.45, 2.75) is 6.92 Å². The first kappa shape index (κ1) is 19.6. The molecule has 28 heavy (non-hydrogen) atoms. The van der Waals surface area contributed by atoms with Crippen molar-refractivity contribution in [1.29, 1.82) is 0 Å².